The zero-order valence-corrected chi connectivity index (χ0v) is 23.4. The van der Waals surface area contributed by atoms with Crippen LogP contribution in [0.5, 0.6) is 0 Å². The molecule has 0 aliphatic carbocycles. The van der Waals surface area contributed by atoms with Crippen LogP contribution in [0.1, 0.15) is 70.8 Å². The van der Waals surface area contributed by atoms with Crippen molar-refractivity contribution in [1.29, 1.82) is 0 Å². The number of rotatable bonds is 12. The quantitative estimate of drug-likeness (QED) is 0.330. The number of urea groups is 1. The van der Waals surface area contributed by atoms with Gasteiger partial charge in [0.1, 0.15) is 5.82 Å². The number of halogens is 2. The lowest BCUT2D eigenvalue weighted by Gasteiger charge is -2.43. The highest BCUT2D eigenvalue weighted by molar-refractivity contribution is 6.30. The van der Waals surface area contributed by atoms with E-state index in [9.17, 15) is 9.90 Å². The van der Waals surface area contributed by atoms with Crippen LogP contribution in [0.25, 0.3) is 0 Å². The number of hydrogen-bond acceptors (Lipinski definition) is 5. The predicted molar refractivity (Wildman–Crippen MR) is 144 cm³/mol. The molecule has 2 aliphatic heterocycles. The molecule has 4 unspecified atom stereocenters. The molecule has 0 radical (unpaired) electrons. The van der Waals surface area contributed by atoms with Crippen LogP contribution in [0.15, 0.2) is 18.2 Å². The number of methoxy groups -OCH3 is 1. The third-order valence-electron chi connectivity index (χ3n) is 7.96. The Morgan fingerprint density at radius 1 is 1.32 bits per heavy atom. The van der Waals surface area contributed by atoms with E-state index in [1.165, 1.54) is 6.07 Å². The molecule has 2 heterocycles. The molecular weight excluding hydrogens is 497 g/mol. The molecule has 2 fully saturated rings. The van der Waals surface area contributed by atoms with Crippen molar-refractivity contribution in [3.8, 4) is 0 Å². The number of ether oxygens (including phenoxy) is 2. The molecule has 7 nitrogen and oxygen atoms in total. The summed E-state index contributed by atoms with van der Waals surface area (Å²) in [4.78, 5) is 15.2. The maximum absolute atomic E-state index is 15.2. The maximum Gasteiger partial charge on any atom is 0.317 e. The number of nitrogens with one attached hydrogen (secondary N) is 2. The van der Waals surface area contributed by atoms with Crippen LogP contribution in [0, 0.1) is 11.7 Å². The predicted octanol–water partition coefficient (Wildman–Crippen LogP) is 4.84. The summed E-state index contributed by atoms with van der Waals surface area (Å²) in [6.45, 7) is 7.28. The average Bonchev–Trinajstić information content (AvgIpc) is 2.92. The highest BCUT2D eigenvalue weighted by Gasteiger charge is 2.43. The minimum absolute atomic E-state index is 0.00784. The summed E-state index contributed by atoms with van der Waals surface area (Å²) in [5, 5.41) is 18.5. The Kier molecular flexibility index (Phi) is 11.9. The molecule has 4 atom stereocenters. The molecule has 210 valence electrons. The van der Waals surface area contributed by atoms with Gasteiger partial charge in [0.2, 0.25) is 0 Å². The van der Waals surface area contributed by atoms with E-state index in [4.69, 9.17) is 21.1 Å². The topological polar surface area (TPSA) is 83.1 Å². The van der Waals surface area contributed by atoms with E-state index in [2.05, 4.69) is 24.5 Å². The second-order valence-electron chi connectivity index (χ2n) is 10.4. The number of carbonyl (C=O) groups is 1. The molecular formula is C28H45ClFN3O4. The standard InChI is InChI=1S/C28H45ClFN3O4/c1-4-21(5-2)37-25-13-15-31-18-24(25)32-27(34)33-16-9-10-20(19-33)28(35,14-6-7-17-36-3)22-11-8-12-23(29)26(22)30/h8,11-12,20-21,24-25,31,35H,4-7,9-10,13-19H2,1-3H3,(H,32,34). The third kappa shape index (κ3) is 7.79. The Morgan fingerprint density at radius 2 is 2.11 bits per heavy atom. The van der Waals surface area contributed by atoms with Crippen molar-refractivity contribution in [2.24, 2.45) is 5.92 Å². The Bertz CT molecular complexity index is 859. The molecule has 9 heteroatoms. The lowest BCUT2D eigenvalue weighted by molar-refractivity contribution is -0.0605. The van der Waals surface area contributed by atoms with E-state index < -0.39 is 11.4 Å². The molecule has 2 aliphatic rings. The fourth-order valence-electron chi connectivity index (χ4n) is 5.71. The van der Waals surface area contributed by atoms with E-state index in [-0.39, 0.29) is 40.8 Å². The second kappa shape index (κ2) is 14.6. The van der Waals surface area contributed by atoms with Crippen molar-refractivity contribution >= 4 is 17.6 Å². The van der Waals surface area contributed by atoms with E-state index in [1.807, 2.05) is 0 Å². The monoisotopic (exact) mass is 541 g/mol. The van der Waals surface area contributed by atoms with Crippen molar-refractivity contribution in [2.45, 2.75) is 89.1 Å². The van der Waals surface area contributed by atoms with Gasteiger partial charge in [-0.15, -0.1) is 0 Å². The van der Waals surface area contributed by atoms with Gasteiger partial charge in [0, 0.05) is 44.8 Å². The van der Waals surface area contributed by atoms with Crippen LogP contribution in [0.4, 0.5) is 9.18 Å². The van der Waals surface area contributed by atoms with Crippen molar-refractivity contribution in [2.75, 3.05) is 39.9 Å². The normalized spacial score (nSPS) is 24.2. The number of piperidine rings is 2. The highest BCUT2D eigenvalue weighted by Crippen LogP contribution is 2.42. The fourth-order valence-corrected chi connectivity index (χ4v) is 5.88. The lowest BCUT2D eigenvalue weighted by atomic mass is 9.74. The van der Waals surface area contributed by atoms with Crippen LogP contribution in [0.2, 0.25) is 5.02 Å². The van der Waals surface area contributed by atoms with Crippen LogP contribution in [-0.4, -0.2) is 74.2 Å². The van der Waals surface area contributed by atoms with Crippen LogP contribution >= 0.6 is 11.6 Å². The van der Waals surface area contributed by atoms with Gasteiger partial charge in [0.05, 0.1) is 28.9 Å². The second-order valence-corrected chi connectivity index (χ2v) is 10.8. The van der Waals surface area contributed by atoms with Crippen molar-refractivity contribution < 1.29 is 23.8 Å². The molecule has 0 bridgehead atoms. The first-order valence-electron chi connectivity index (χ1n) is 13.9. The Labute approximate surface area is 226 Å². The lowest BCUT2D eigenvalue weighted by Crippen LogP contribution is -2.59. The van der Waals surface area contributed by atoms with E-state index >= 15 is 4.39 Å². The van der Waals surface area contributed by atoms with Crippen molar-refractivity contribution in [1.82, 2.24) is 15.5 Å². The van der Waals surface area contributed by atoms with Crippen LogP contribution in [-0.2, 0) is 15.1 Å². The number of hydrogen-bond donors (Lipinski definition) is 3. The summed E-state index contributed by atoms with van der Waals surface area (Å²) in [6, 6.07) is 4.49. The van der Waals surface area contributed by atoms with Crippen LogP contribution in [0.3, 0.4) is 0 Å². The fraction of sp³-hybridized carbons (Fsp3) is 0.750. The minimum Gasteiger partial charge on any atom is -0.385 e. The average molecular weight is 542 g/mol. The molecule has 0 aromatic heterocycles. The SMILES string of the molecule is CCC(CC)OC1CCNCC1NC(=O)N1CCCC(C(O)(CCCCOC)c2cccc(Cl)c2F)C1. The molecule has 1 aromatic carbocycles. The molecule has 0 spiro atoms. The van der Waals surface area contributed by atoms with Gasteiger partial charge in [-0.05, 0) is 64.0 Å². The number of aliphatic hydroxyl groups is 1. The first-order valence-corrected chi connectivity index (χ1v) is 14.3. The van der Waals surface area contributed by atoms with Gasteiger partial charge in [0.25, 0.3) is 0 Å². The minimum atomic E-state index is -1.44. The summed E-state index contributed by atoms with van der Waals surface area (Å²) in [6.07, 6.45) is 6.10. The molecule has 2 saturated heterocycles. The van der Waals surface area contributed by atoms with E-state index in [1.54, 1.807) is 24.1 Å². The first kappa shape index (κ1) is 30.1. The van der Waals surface area contributed by atoms with Gasteiger partial charge < -0.3 is 30.1 Å². The van der Waals surface area contributed by atoms with Gasteiger partial charge in [-0.2, -0.15) is 0 Å². The largest absolute Gasteiger partial charge is 0.385 e. The van der Waals surface area contributed by atoms with Crippen molar-refractivity contribution in [3.05, 3.63) is 34.6 Å². The number of amides is 2. The maximum atomic E-state index is 15.2. The van der Waals surface area contributed by atoms with Gasteiger partial charge in [-0.3, -0.25) is 0 Å². The number of likely N-dealkylation sites (tertiary alicyclic amines) is 1. The zero-order valence-electron chi connectivity index (χ0n) is 22.6. The number of benzene rings is 1. The Hall–Kier alpha value is -1.45. The Balaban J connectivity index is 1.73. The summed E-state index contributed by atoms with van der Waals surface area (Å²) in [5.41, 5.74) is -1.23. The number of nitrogens with zero attached hydrogens (tertiary/aromatic N) is 1. The highest BCUT2D eigenvalue weighted by atomic mass is 35.5. The van der Waals surface area contributed by atoms with Gasteiger partial charge in [-0.1, -0.05) is 37.6 Å². The summed E-state index contributed by atoms with van der Waals surface area (Å²) < 4.78 is 26.7. The van der Waals surface area contributed by atoms with Crippen molar-refractivity contribution in [3.63, 3.8) is 0 Å². The first-order chi connectivity index (χ1) is 17.8. The zero-order chi connectivity index (χ0) is 26.8. The summed E-state index contributed by atoms with van der Waals surface area (Å²) in [5.74, 6) is -0.904. The van der Waals surface area contributed by atoms with Gasteiger partial charge in [-0.25, -0.2) is 9.18 Å². The smallest absolute Gasteiger partial charge is 0.317 e. The van der Waals surface area contributed by atoms with E-state index in [0.29, 0.717) is 45.5 Å². The van der Waals surface area contributed by atoms with Gasteiger partial charge in [0.15, 0.2) is 0 Å². The molecule has 3 N–H and O–H groups in total. The number of carbonyl (C=O) groups excluding carboxylic acids is 1. The van der Waals surface area contributed by atoms with E-state index in [0.717, 1.165) is 38.6 Å². The summed E-state index contributed by atoms with van der Waals surface area (Å²) >= 11 is 6.10. The van der Waals surface area contributed by atoms with Crippen LogP contribution < -0.4 is 10.6 Å². The third-order valence-corrected chi connectivity index (χ3v) is 8.26. The Morgan fingerprint density at radius 3 is 2.84 bits per heavy atom. The number of unbranched alkanes of at least 4 members (excludes halogenated alkanes) is 1. The summed E-state index contributed by atoms with van der Waals surface area (Å²) in [7, 11) is 1.64. The van der Waals surface area contributed by atoms with Gasteiger partial charge >= 0.3 is 6.03 Å². The molecule has 2 amide bonds. The molecule has 0 saturated carbocycles. The molecule has 1 aromatic rings. The molecule has 37 heavy (non-hydrogen) atoms. The molecule has 3 rings (SSSR count).